The Labute approximate surface area is 83.8 Å². The van der Waals surface area contributed by atoms with E-state index in [2.05, 4.69) is 15.4 Å². The van der Waals surface area contributed by atoms with Crippen LogP contribution in [0.3, 0.4) is 0 Å². The number of carbonyl (C=O) groups is 2. The van der Waals surface area contributed by atoms with E-state index < -0.39 is 11.9 Å². The van der Waals surface area contributed by atoms with Crippen molar-refractivity contribution >= 4 is 29.5 Å². The molecule has 0 fully saturated rings. The lowest BCUT2D eigenvalue weighted by Gasteiger charge is -2.02. The van der Waals surface area contributed by atoms with Crippen LogP contribution in [0.15, 0.2) is 17.5 Å². The fourth-order valence-corrected chi connectivity index (χ4v) is 1.20. The van der Waals surface area contributed by atoms with Crippen molar-refractivity contribution in [2.45, 2.75) is 0 Å². The molecule has 0 atom stereocenters. The van der Waals surface area contributed by atoms with Gasteiger partial charge < -0.3 is 10.4 Å². The van der Waals surface area contributed by atoms with Gasteiger partial charge in [0, 0.05) is 6.20 Å². The summed E-state index contributed by atoms with van der Waals surface area (Å²) in [6.07, 6.45) is 4.54. The summed E-state index contributed by atoms with van der Waals surface area (Å²) < 4.78 is 0. The van der Waals surface area contributed by atoms with Crippen LogP contribution in [0.5, 0.6) is 0 Å². The number of nitrogens with one attached hydrogen (secondary N) is 1. The van der Waals surface area contributed by atoms with Crippen LogP contribution in [0.2, 0.25) is 0 Å². The van der Waals surface area contributed by atoms with Crippen LogP contribution in [0, 0.1) is 0 Å². The summed E-state index contributed by atoms with van der Waals surface area (Å²) in [6, 6.07) is 0. The van der Waals surface area contributed by atoms with Crippen LogP contribution >= 0.6 is 0 Å². The van der Waals surface area contributed by atoms with Gasteiger partial charge in [0.25, 0.3) is 0 Å². The Bertz CT molecular complexity index is 469. The Hall–Kier alpha value is -2.28. The van der Waals surface area contributed by atoms with Crippen molar-refractivity contribution in [3.63, 3.8) is 0 Å². The first-order valence-electron chi connectivity index (χ1n) is 4.07. The Morgan fingerprint density at radius 3 is 2.93 bits per heavy atom. The summed E-state index contributed by atoms with van der Waals surface area (Å²) in [5, 5.41) is 14.5. The Kier molecular flexibility index (Phi) is 2.14. The van der Waals surface area contributed by atoms with Crippen molar-refractivity contribution < 1.29 is 20.1 Å². The van der Waals surface area contributed by atoms with Crippen LogP contribution in [0.4, 0.5) is 11.4 Å². The maximum absolute atomic E-state index is 10.9. The molecule has 76 valence electrons. The lowest BCUT2D eigenvalue weighted by molar-refractivity contribution is -0.572. The highest BCUT2D eigenvalue weighted by molar-refractivity contribution is 6.36. The number of carboxylic acids is 1. The molecule has 1 aliphatic rings. The van der Waals surface area contributed by atoms with Gasteiger partial charge in [-0.15, -0.1) is 0 Å². The second-order valence-corrected chi connectivity index (χ2v) is 2.86. The number of anilines is 1. The number of hydrogen-bond donors (Lipinski definition) is 3. The molecule has 0 spiro atoms. The topological polar surface area (TPSA) is 108 Å². The van der Waals surface area contributed by atoms with E-state index in [4.69, 9.17) is 5.11 Å². The molecule has 7 heteroatoms. The van der Waals surface area contributed by atoms with E-state index in [1.807, 2.05) is 0 Å². The summed E-state index contributed by atoms with van der Waals surface area (Å²) in [4.78, 5) is 25.1. The third-order valence-corrected chi connectivity index (χ3v) is 1.88. The van der Waals surface area contributed by atoms with E-state index in [-0.39, 0.29) is 0 Å². The maximum atomic E-state index is 10.9. The predicted molar refractivity (Wildman–Crippen MR) is 49.7 cm³/mol. The highest BCUT2D eigenvalue weighted by atomic mass is 16.4. The normalized spacial score (nSPS) is 12.3. The first-order chi connectivity index (χ1) is 7.18. The fraction of sp³-hybridized carbons (Fsp3) is 0. The number of amides is 1. The Balaban J connectivity index is 2.28. The van der Waals surface area contributed by atoms with E-state index in [0.717, 1.165) is 5.56 Å². The van der Waals surface area contributed by atoms with Crippen molar-refractivity contribution in [3.8, 4) is 0 Å². The average Bonchev–Trinajstić information content (AvgIpc) is 2.66. The molecule has 1 aliphatic heterocycles. The molecule has 0 saturated carbocycles. The monoisotopic (exact) mass is 207 g/mol. The summed E-state index contributed by atoms with van der Waals surface area (Å²) in [5.74, 6) is -2.63. The molecule has 1 aromatic heterocycles. The Morgan fingerprint density at radius 1 is 1.40 bits per heavy atom. The maximum Gasteiger partial charge on any atom is 0.394 e. The van der Waals surface area contributed by atoms with Gasteiger partial charge >= 0.3 is 11.9 Å². The van der Waals surface area contributed by atoms with E-state index in [0.29, 0.717) is 11.4 Å². The molecular formula is C8H7N4O3+. The minimum atomic E-state index is -1.54. The number of carboxylic acid groups (broad SMARTS) is 1. The predicted octanol–water partition coefficient (Wildman–Crippen LogP) is -1.35. The van der Waals surface area contributed by atoms with Gasteiger partial charge in [0.05, 0.1) is 18.0 Å². The molecule has 1 aromatic rings. The van der Waals surface area contributed by atoms with Crippen LogP contribution < -0.4 is 10.7 Å². The Morgan fingerprint density at radius 2 is 2.20 bits per heavy atom. The molecule has 0 saturated heterocycles. The van der Waals surface area contributed by atoms with Gasteiger partial charge in [0.1, 0.15) is 5.69 Å². The number of nitrogens with zero attached hydrogens (tertiary/aromatic N) is 2. The highest BCUT2D eigenvalue weighted by Gasteiger charge is 2.20. The molecule has 2 heterocycles. The van der Waals surface area contributed by atoms with Gasteiger partial charge in [0.2, 0.25) is 0 Å². The van der Waals surface area contributed by atoms with E-state index in [1.54, 1.807) is 12.4 Å². The van der Waals surface area contributed by atoms with Crippen molar-refractivity contribution in [3.05, 3.63) is 18.0 Å². The van der Waals surface area contributed by atoms with Gasteiger partial charge in [-0.3, -0.25) is 9.78 Å². The lowest BCUT2D eigenvalue weighted by atomic mass is 10.2. The zero-order chi connectivity index (χ0) is 10.8. The smallest absolute Gasteiger partial charge is 0.394 e. The third kappa shape index (κ3) is 1.67. The second-order valence-electron chi connectivity index (χ2n) is 2.86. The molecule has 7 nitrogen and oxygen atoms in total. The van der Waals surface area contributed by atoms with Crippen LogP contribution in [-0.4, -0.2) is 28.2 Å². The number of nitrogens with two attached hydrogens (primary N) is 1. The SMILES string of the molecule is O=C(O)C(=O)Nc1cncc2c1[NH2+]N=C2. The van der Waals surface area contributed by atoms with Crippen molar-refractivity contribution in [2.75, 3.05) is 5.32 Å². The summed E-state index contributed by atoms with van der Waals surface area (Å²) in [7, 11) is 0. The molecule has 0 unspecified atom stereocenters. The molecule has 0 aromatic carbocycles. The van der Waals surface area contributed by atoms with E-state index in [9.17, 15) is 9.59 Å². The van der Waals surface area contributed by atoms with Gasteiger partial charge in [-0.25, -0.2) is 4.79 Å². The summed E-state index contributed by atoms with van der Waals surface area (Å²) in [5.41, 5.74) is 3.30. The molecule has 4 N–H and O–H groups in total. The number of rotatable bonds is 1. The van der Waals surface area contributed by atoms with E-state index in [1.165, 1.54) is 11.6 Å². The van der Waals surface area contributed by atoms with Crippen molar-refractivity contribution in [1.29, 1.82) is 0 Å². The highest BCUT2D eigenvalue weighted by Crippen LogP contribution is 2.20. The number of carbonyl (C=O) groups excluding carboxylic acids is 1. The standard InChI is InChI=1S/C8H6N4O3/c13-7(8(14)15)11-5-3-9-1-4-2-10-12-6(4)5/h1-3H,(H,10,12)(H,11,13)(H,14,15)/p+1. The van der Waals surface area contributed by atoms with Crippen LogP contribution in [-0.2, 0) is 9.59 Å². The number of quaternary nitrogens is 1. The zero-order valence-electron chi connectivity index (χ0n) is 7.47. The van der Waals surface area contributed by atoms with Crippen LogP contribution in [0.25, 0.3) is 0 Å². The number of aromatic nitrogens is 1. The molecule has 0 radical (unpaired) electrons. The number of aliphatic carboxylic acids is 1. The number of hydrogen-bond acceptors (Lipinski definition) is 4. The third-order valence-electron chi connectivity index (χ3n) is 1.88. The molecule has 0 aliphatic carbocycles. The summed E-state index contributed by atoms with van der Waals surface area (Å²) in [6.45, 7) is 0. The molecular weight excluding hydrogens is 200 g/mol. The summed E-state index contributed by atoms with van der Waals surface area (Å²) >= 11 is 0. The number of pyridine rings is 1. The van der Waals surface area contributed by atoms with Crippen LogP contribution in [0.1, 0.15) is 5.56 Å². The second kappa shape index (κ2) is 3.46. The minimum Gasteiger partial charge on any atom is -0.474 e. The zero-order valence-corrected chi connectivity index (χ0v) is 7.47. The molecule has 0 bridgehead atoms. The van der Waals surface area contributed by atoms with Gasteiger partial charge in [-0.2, -0.15) is 5.43 Å². The molecule has 1 amide bonds. The largest absolute Gasteiger partial charge is 0.474 e. The first kappa shape index (κ1) is 9.28. The van der Waals surface area contributed by atoms with Gasteiger partial charge in [-0.1, -0.05) is 5.10 Å². The van der Waals surface area contributed by atoms with Crippen molar-refractivity contribution in [1.82, 2.24) is 4.98 Å². The van der Waals surface area contributed by atoms with E-state index >= 15 is 0 Å². The number of fused-ring (bicyclic) bond motifs is 1. The van der Waals surface area contributed by atoms with Gasteiger partial charge in [-0.05, 0) is 0 Å². The van der Waals surface area contributed by atoms with Gasteiger partial charge in [0.15, 0.2) is 5.69 Å². The van der Waals surface area contributed by atoms with Crippen molar-refractivity contribution in [2.24, 2.45) is 5.10 Å². The molecule has 2 rings (SSSR count). The molecule has 15 heavy (non-hydrogen) atoms. The fourth-order valence-electron chi connectivity index (χ4n) is 1.20. The first-order valence-corrected chi connectivity index (χ1v) is 4.07. The lowest BCUT2D eigenvalue weighted by Crippen LogP contribution is -2.69. The minimum absolute atomic E-state index is 0.345. The quantitative estimate of drug-likeness (QED) is 0.390. The average molecular weight is 207 g/mol.